The molecular weight excluding hydrogens is 420 g/mol. The van der Waals surface area contributed by atoms with Crippen LogP contribution in [0.2, 0.25) is 5.28 Å². The number of nitrogens with one attached hydrogen (secondary N) is 2. The number of rotatable bonds is 11. The van der Waals surface area contributed by atoms with Crippen LogP contribution in [0.1, 0.15) is 51.1 Å². The van der Waals surface area contributed by atoms with E-state index < -0.39 is 11.2 Å². The van der Waals surface area contributed by atoms with Gasteiger partial charge in [-0.1, -0.05) is 25.8 Å². The number of pyridine rings is 1. The van der Waals surface area contributed by atoms with Gasteiger partial charge in [-0.25, -0.2) is 4.79 Å². The average molecular weight is 447 g/mol. The van der Waals surface area contributed by atoms with Crippen LogP contribution in [-0.4, -0.2) is 30.0 Å². The average Bonchev–Trinajstić information content (AvgIpc) is 3.16. The molecule has 0 fully saturated rings. The molecule has 0 aromatic carbocycles. The molecule has 166 valence electrons. The molecular formula is C21H27ClN6O3. The number of hydrogen-bond donors (Lipinski definition) is 2. The summed E-state index contributed by atoms with van der Waals surface area (Å²) in [5.74, 6) is -0.0919. The van der Waals surface area contributed by atoms with Gasteiger partial charge in [-0.05, 0) is 43.0 Å². The number of aromatic nitrogens is 5. The fourth-order valence-corrected chi connectivity index (χ4v) is 3.57. The lowest BCUT2D eigenvalue weighted by Gasteiger charge is -2.11. The number of fused-ring (bicyclic) bond motifs is 1. The zero-order valence-electron chi connectivity index (χ0n) is 17.6. The summed E-state index contributed by atoms with van der Waals surface area (Å²) in [4.78, 5) is 48.8. The number of nitrogens with zero attached hydrogens (tertiary/aromatic N) is 4. The first-order chi connectivity index (χ1) is 15.0. The number of carbonyl (C=O) groups excluding carboxylic acids is 1. The first-order valence-electron chi connectivity index (χ1n) is 10.6. The standard InChI is InChI=1S/C21H27ClN6O3/c1-2-3-7-12-27-18-17(25-20(22)26-18)19(30)28(21(27)31)13-8-5-10-16(29)24-14-15-9-4-6-11-23-15/h4,6,9,11H,2-3,5,7-8,10,12-14H2,1H3,(H,24,29)(H,25,26). The van der Waals surface area contributed by atoms with Crippen molar-refractivity contribution in [2.75, 3.05) is 0 Å². The lowest BCUT2D eigenvalue weighted by Crippen LogP contribution is -2.40. The molecule has 0 unspecified atom stereocenters. The van der Waals surface area contributed by atoms with Crippen LogP contribution < -0.4 is 16.6 Å². The molecule has 3 rings (SSSR count). The van der Waals surface area contributed by atoms with E-state index in [1.165, 1.54) is 9.13 Å². The van der Waals surface area contributed by atoms with E-state index in [2.05, 4.69) is 27.2 Å². The molecule has 10 heteroatoms. The van der Waals surface area contributed by atoms with E-state index in [-0.39, 0.29) is 23.3 Å². The molecule has 3 aromatic heterocycles. The summed E-state index contributed by atoms with van der Waals surface area (Å²) in [6.07, 6.45) is 5.86. The van der Waals surface area contributed by atoms with E-state index in [0.717, 1.165) is 25.0 Å². The minimum Gasteiger partial charge on any atom is -0.350 e. The highest BCUT2D eigenvalue weighted by atomic mass is 35.5. The summed E-state index contributed by atoms with van der Waals surface area (Å²) >= 11 is 5.95. The largest absolute Gasteiger partial charge is 0.350 e. The monoisotopic (exact) mass is 446 g/mol. The van der Waals surface area contributed by atoms with E-state index >= 15 is 0 Å². The van der Waals surface area contributed by atoms with Gasteiger partial charge in [0.15, 0.2) is 11.2 Å². The molecule has 0 saturated heterocycles. The lowest BCUT2D eigenvalue weighted by atomic mass is 10.2. The first kappa shape index (κ1) is 22.7. The summed E-state index contributed by atoms with van der Waals surface area (Å²) in [5.41, 5.74) is 0.482. The smallest absolute Gasteiger partial charge is 0.332 e. The Morgan fingerprint density at radius 3 is 2.65 bits per heavy atom. The minimum atomic E-state index is -0.439. The highest BCUT2D eigenvalue weighted by molar-refractivity contribution is 6.28. The Morgan fingerprint density at radius 2 is 1.90 bits per heavy atom. The Hall–Kier alpha value is -2.94. The van der Waals surface area contributed by atoms with Crippen molar-refractivity contribution in [3.8, 4) is 0 Å². The first-order valence-corrected chi connectivity index (χ1v) is 10.9. The topological polar surface area (TPSA) is 115 Å². The second-order valence-corrected chi connectivity index (χ2v) is 7.74. The van der Waals surface area contributed by atoms with E-state index in [1.54, 1.807) is 6.20 Å². The Kier molecular flexibility index (Phi) is 8.00. The Labute approximate surface area is 184 Å². The summed E-state index contributed by atoms with van der Waals surface area (Å²) in [7, 11) is 0. The maximum Gasteiger partial charge on any atom is 0.332 e. The molecule has 0 spiro atoms. The van der Waals surface area contributed by atoms with Gasteiger partial charge >= 0.3 is 5.69 Å². The normalized spacial score (nSPS) is 11.2. The number of imidazole rings is 1. The van der Waals surface area contributed by atoms with Gasteiger partial charge in [0, 0.05) is 25.7 Å². The second kappa shape index (κ2) is 10.9. The molecule has 0 atom stereocenters. The van der Waals surface area contributed by atoms with Gasteiger partial charge in [-0.3, -0.25) is 23.7 Å². The zero-order valence-corrected chi connectivity index (χ0v) is 18.3. The van der Waals surface area contributed by atoms with Crippen LogP contribution in [0, 0.1) is 0 Å². The molecule has 0 aliphatic heterocycles. The third kappa shape index (κ3) is 5.81. The molecule has 0 saturated carbocycles. The Balaban J connectivity index is 1.62. The number of halogens is 1. The predicted octanol–water partition coefficient (Wildman–Crippen LogP) is 2.61. The minimum absolute atomic E-state index is 0.0815. The van der Waals surface area contributed by atoms with Crippen molar-refractivity contribution >= 4 is 28.7 Å². The van der Waals surface area contributed by atoms with E-state index in [1.807, 2.05) is 18.2 Å². The summed E-state index contributed by atoms with van der Waals surface area (Å²) in [6.45, 7) is 3.15. The summed E-state index contributed by atoms with van der Waals surface area (Å²) < 4.78 is 2.71. The van der Waals surface area contributed by atoms with Crippen molar-refractivity contribution in [2.24, 2.45) is 0 Å². The second-order valence-electron chi connectivity index (χ2n) is 7.38. The van der Waals surface area contributed by atoms with Crippen molar-refractivity contribution in [2.45, 2.75) is 65.1 Å². The third-order valence-corrected chi connectivity index (χ3v) is 5.22. The fourth-order valence-electron chi connectivity index (χ4n) is 3.39. The van der Waals surface area contributed by atoms with Gasteiger partial charge in [0.1, 0.15) is 0 Å². The molecule has 3 aromatic rings. The van der Waals surface area contributed by atoms with E-state index in [4.69, 9.17) is 11.6 Å². The van der Waals surface area contributed by atoms with Crippen LogP contribution in [0.5, 0.6) is 0 Å². The number of amides is 1. The van der Waals surface area contributed by atoms with Crippen molar-refractivity contribution in [1.29, 1.82) is 0 Å². The molecule has 0 bridgehead atoms. The fraction of sp³-hybridized carbons (Fsp3) is 0.476. The van der Waals surface area contributed by atoms with Gasteiger partial charge in [0.2, 0.25) is 11.2 Å². The van der Waals surface area contributed by atoms with Crippen LogP contribution in [0.3, 0.4) is 0 Å². The molecule has 2 N–H and O–H groups in total. The number of carbonyl (C=O) groups is 1. The van der Waals surface area contributed by atoms with Crippen LogP contribution >= 0.6 is 11.6 Å². The van der Waals surface area contributed by atoms with Crippen LogP contribution in [0.15, 0.2) is 34.0 Å². The molecule has 31 heavy (non-hydrogen) atoms. The van der Waals surface area contributed by atoms with Crippen molar-refractivity contribution in [3.63, 3.8) is 0 Å². The SMILES string of the molecule is CCCCCn1c(=O)n(CCCCC(=O)NCc2ccccn2)c(=O)c2[nH]c(Cl)nc21. The van der Waals surface area contributed by atoms with Gasteiger partial charge in [-0.2, -0.15) is 4.98 Å². The van der Waals surface area contributed by atoms with Gasteiger partial charge in [0.25, 0.3) is 5.56 Å². The highest BCUT2D eigenvalue weighted by Gasteiger charge is 2.16. The maximum atomic E-state index is 12.9. The van der Waals surface area contributed by atoms with Crippen LogP contribution in [0.25, 0.3) is 11.2 Å². The zero-order chi connectivity index (χ0) is 22.2. The lowest BCUT2D eigenvalue weighted by molar-refractivity contribution is -0.121. The van der Waals surface area contributed by atoms with Crippen molar-refractivity contribution in [3.05, 3.63) is 56.2 Å². The molecule has 0 aliphatic rings. The quantitative estimate of drug-likeness (QED) is 0.347. The number of hydrogen-bond acceptors (Lipinski definition) is 5. The van der Waals surface area contributed by atoms with Gasteiger partial charge in [0.05, 0.1) is 12.2 Å². The van der Waals surface area contributed by atoms with Gasteiger partial charge < -0.3 is 10.3 Å². The highest BCUT2D eigenvalue weighted by Crippen LogP contribution is 2.11. The van der Waals surface area contributed by atoms with Crippen LogP contribution in [0.4, 0.5) is 0 Å². The number of unbranched alkanes of at least 4 members (excludes halogenated alkanes) is 3. The number of H-pyrrole nitrogens is 1. The summed E-state index contributed by atoms with van der Waals surface area (Å²) in [6, 6.07) is 5.53. The molecule has 0 aliphatic carbocycles. The summed E-state index contributed by atoms with van der Waals surface area (Å²) in [5, 5.41) is 2.90. The van der Waals surface area contributed by atoms with Crippen LogP contribution in [-0.2, 0) is 24.4 Å². The van der Waals surface area contributed by atoms with Crippen molar-refractivity contribution < 1.29 is 4.79 Å². The molecule has 3 heterocycles. The van der Waals surface area contributed by atoms with Gasteiger partial charge in [-0.15, -0.1) is 0 Å². The molecule has 0 radical (unpaired) electrons. The molecule has 1 amide bonds. The number of aromatic amines is 1. The Morgan fingerprint density at radius 1 is 1.13 bits per heavy atom. The van der Waals surface area contributed by atoms with E-state index in [0.29, 0.717) is 38.0 Å². The maximum absolute atomic E-state index is 12.9. The van der Waals surface area contributed by atoms with E-state index in [9.17, 15) is 14.4 Å². The third-order valence-electron chi connectivity index (χ3n) is 5.05. The molecule has 9 nitrogen and oxygen atoms in total. The number of aryl methyl sites for hydroxylation is 1. The Bertz CT molecular complexity index is 1140. The van der Waals surface area contributed by atoms with Crippen molar-refractivity contribution in [1.82, 2.24) is 29.4 Å². The predicted molar refractivity (Wildman–Crippen MR) is 119 cm³/mol.